The van der Waals surface area contributed by atoms with Crippen molar-refractivity contribution in [2.24, 2.45) is 0 Å². The molecule has 2 aliphatic rings. The minimum Gasteiger partial charge on any atom is -0.289 e. The molecule has 4 heteroatoms. The van der Waals surface area contributed by atoms with E-state index in [1.807, 2.05) is 6.07 Å². The predicted octanol–water partition coefficient (Wildman–Crippen LogP) is 4.43. The first-order valence-electron chi connectivity index (χ1n) is 9.10. The molecule has 2 atom stereocenters. The number of benzene rings is 2. The van der Waals surface area contributed by atoms with Crippen molar-refractivity contribution in [1.82, 2.24) is 15.2 Å². The van der Waals surface area contributed by atoms with E-state index >= 15 is 0 Å². The maximum Gasteiger partial charge on any atom is 0.135 e. The van der Waals surface area contributed by atoms with Crippen LogP contribution in [0.3, 0.4) is 0 Å². The average molecular weight is 331 g/mol. The second-order valence-corrected chi connectivity index (χ2v) is 7.17. The molecule has 0 radical (unpaired) electrons. The Kier molecular flexibility index (Phi) is 3.63. The quantitative estimate of drug-likeness (QED) is 0.712. The maximum atomic E-state index is 4.84. The first-order chi connectivity index (χ1) is 12.4. The summed E-state index contributed by atoms with van der Waals surface area (Å²) >= 11 is 0. The number of rotatable bonds is 3. The summed E-state index contributed by atoms with van der Waals surface area (Å²) in [6.45, 7) is 1.05. The summed E-state index contributed by atoms with van der Waals surface area (Å²) < 4.78 is 4.84. The average Bonchev–Trinajstić information content (AvgIpc) is 3.10. The molecule has 5 rings (SSSR count). The zero-order chi connectivity index (χ0) is 16.6. The SMILES string of the molecule is C1=C(c2ccc3nonc3c2)CC2CCCC1N2Cc1ccccc1. The van der Waals surface area contributed by atoms with E-state index in [0.717, 1.165) is 24.0 Å². The number of aromatic nitrogens is 2. The third kappa shape index (κ3) is 2.76. The van der Waals surface area contributed by atoms with Gasteiger partial charge in [-0.15, -0.1) is 0 Å². The van der Waals surface area contributed by atoms with Crippen molar-refractivity contribution in [3.63, 3.8) is 0 Å². The summed E-state index contributed by atoms with van der Waals surface area (Å²) in [7, 11) is 0. The molecule has 0 saturated carbocycles. The molecule has 1 saturated heterocycles. The van der Waals surface area contributed by atoms with Crippen LogP contribution < -0.4 is 0 Å². The molecule has 1 aromatic heterocycles. The van der Waals surface area contributed by atoms with E-state index in [1.165, 1.54) is 36.0 Å². The Hall–Kier alpha value is -2.46. The molecule has 0 N–H and O–H groups in total. The van der Waals surface area contributed by atoms with Gasteiger partial charge in [-0.25, -0.2) is 4.63 Å². The molecule has 4 nitrogen and oxygen atoms in total. The van der Waals surface area contributed by atoms with E-state index in [4.69, 9.17) is 4.63 Å². The Bertz CT molecular complexity index is 915. The standard InChI is InChI=1S/C21H21N3O/c1-2-5-15(6-3-1)14-24-18-7-4-8-19(24)12-17(11-18)16-9-10-20-21(13-16)23-25-22-20/h1-3,5-6,9-11,13,18-19H,4,7-8,12,14H2. The van der Waals surface area contributed by atoms with Gasteiger partial charge in [-0.05, 0) is 58.4 Å². The topological polar surface area (TPSA) is 42.2 Å². The molecule has 2 aromatic carbocycles. The highest BCUT2D eigenvalue weighted by atomic mass is 16.6. The van der Waals surface area contributed by atoms with E-state index < -0.39 is 0 Å². The van der Waals surface area contributed by atoms with E-state index in [1.54, 1.807) is 0 Å². The van der Waals surface area contributed by atoms with Crippen LogP contribution in [0.1, 0.15) is 36.8 Å². The van der Waals surface area contributed by atoms with Crippen LogP contribution in [-0.2, 0) is 6.54 Å². The lowest BCUT2D eigenvalue weighted by molar-refractivity contribution is 0.0951. The number of piperidine rings is 1. The van der Waals surface area contributed by atoms with Crippen LogP contribution in [0.2, 0.25) is 0 Å². The van der Waals surface area contributed by atoms with Gasteiger partial charge in [0.1, 0.15) is 11.0 Å². The van der Waals surface area contributed by atoms with Gasteiger partial charge in [-0.2, -0.15) is 0 Å². The van der Waals surface area contributed by atoms with Crippen LogP contribution in [0.25, 0.3) is 16.6 Å². The van der Waals surface area contributed by atoms with Crippen molar-refractivity contribution in [3.05, 3.63) is 65.7 Å². The third-order valence-electron chi connectivity index (χ3n) is 5.61. The number of fused-ring (bicyclic) bond motifs is 3. The molecule has 0 amide bonds. The minimum absolute atomic E-state index is 0.536. The highest BCUT2D eigenvalue weighted by Gasteiger charge is 2.34. The first-order valence-corrected chi connectivity index (χ1v) is 9.10. The van der Waals surface area contributed by atoms with E-state index in [2.05, 4.69) is 63.8 Å². The Balaban J connectivity index is 1.45. The van der Waals surface area contributed by atoms with Crippen LogP contribution in [0.5, 0.6) is 0 Å². The number of hydrogen-bond donors (Lipinski definition) is 0. The molecule has 2 aliphatic heterocycles. The first kappa shape index (κ1) is 14.8. The Morgan fingerprint density at radius 2 is 1.88 bits per heavy atom. The van der Waals surface area contributed by atoms with Gasteiger partial charge in [0.05, 0.1) is 0 Å². The molecular formula is C21H21N3O. The van der Waals surface area contributed by atoms with Crippen molar-refractivity contribution >= 4 is 16.6 Å². The molecule has 0 aliphatic carbocycles. The van der Waals surface area contributed by atoms with Gasteiger partial charge in [0, 0.05) is 18.6 Å². The Morgan fingerprint density at radius 3 is 2.76 bits per heavy atom. The predicted molar refractivity (Wildman–Crippen MR) is 97.8 cm³/mol. The Labute approximate surface area is 147 Å². The van der Waals surface area contributed by atoms with Gasteiger partial charge >= 0.3 is 0 Å². The summed E-state index contributed by atoms with van der Waals surface area (Å²) in [4.78, 5) is 2.69. The minimum atomic E-state index is 0.536. The monoisotopic (exact) mass is 331 g/mol. The third-order valence-corrected chi connectivity index (χ3v) is 5.61. The van der Waals surface area contributed by atoms with Gasteiger partial charge in [0.15, 0.2) is 0 Å². The van der Waals surface area contributed by atoms with Crippen molar-refractivity contribution in [2.75, 3.05) is 0 Å². The fourth-order valence-corrected chi connectivity index (χ4v) is 4.35. The summed E-state index contributed by atoms with van der Waals surface area (Å²) in [6.07, 6.45) is 7.46. The summed E-state index contributed by atoms with van der Waals surface area (Å²) in [5, 5.41) is 7.90. The van der Waals surface area contributed by atoms with Gasteiger partial charge in [-0.1, -0.05) is 48.9 Å². The van der Waals surface area contributed by atoms with E-state index in [-0.39, 0.29) is 0 Å². The second-order valence-electron chi connectivity index (χ2n) is 7.17. The van der Waals surface area contributed by atoms with E-state index in [0.29, 0.717) is 12.1 Å². The van der Waals surface area contributed by atoms with Crippen LogP contribution in [-0.4, -0.2) is 27.3 Å². The van der Waals surface area contributed by atoms with Crippen molar-refractivity contribution < 1.29 is 4.63 Å². The van der Waals surface area contributed by atoms with Crippen LogP contribution in [0, 0.1) is 0 Å². The molecule has 1 fully saturated rings. The highest BCUT2D eigenvalue weighted by Crippen LogP contribution is 2.38. The lowest BCUT2D eigenvalue weighted by atomic mass is 9.82. The van der Waals surface area contributed by atoms with Crippen LogP contribution in [0.4, 0.5) is 0 Å². The molecule has 2 unspecified atom stereocenters. The summed E-state index contributed by atoms with van der Waals surface area (Å²) in [6, 6.07) is 18.3. The summed E-state index contributed by atoms with van der Waals surface area (Å²) in [5.41, 5.74) is 5.79. The zero-order valence-corrected chi connectivity index (χ0v) is 14.1. The normalized spacial score (nSPS) is 23.6. The van der Waals surface area contributed by atoms with Gasteiger partial charge in [0.2, 0.25) is 0 Å². The molecule has 126 valence electrons. The molecular weight excluding hydrogens is 310 g/mol. The zero-order valence-electron chi connectivity index (χ0n) is 14.1. The molecule has 3 aromatic rings. The Morgan fingerprint density at radius 1 is 1.00 bits per heavy atom. The second kappa shape index (κ2) is 6.12. The lowest BCUT2D eigenvalue weighted by Crippen LogP contribution is -2.47. The lowest BCUT2D eigenvalue weighted by Gasteiger charge is -2.45. The van der Waals surface area contributed by atoms with Crippen molar-refractivity contribution in [1.29, 1.82) is 0 Å². The maximum absolute atomic E-state index is 4.84. The molecule has 3 heterocycles. The van der Waals surface area contributed by atoms with Gasteiger partial charge < -0.3 is 0 Å². The van der Waals surface area contributed by atoms with E-state index in [9.17, 15) is 0 Å². The van der Waals surface area contributed by atoms with Gasteiger partial charge in [0.25, 0.3) is 0 Å². The fourth-order valence-electron chi connectivity index (χ4n) is 4.35. The number of nitrogens with zero attached hydrogens (tertiary/aromatic N) is 3. The molecule has 2 bridgehead atoms. The van der Waals surface area contributed by atoms with Gasteiger partial charge in [-0.3, -0.25) is 4.90 Å². The largest absolute Gasteiger partial charge is 0.289 e. The van der Waals surface area contributed by atoms with Crippen LogP contribution >= 0.6 is 0 Å². The highest BCUT2D eigenvalue weighted by molar-refractivity contribution is 5.80. The fraction of sp³-hybridized carbons (Fsp3) is 0.333. The molecule has 25 heavy (non-hydrogen) atoms. The molecule has 0 spiro atoms. The summed E-state index contributed by atoms with van der Waals surface area (Å²) in [5.74, 6) is 0. The van der Waals surface area contributed by atoms with Crippen molar-refractivity contribution in [2.45, 2.75) is 44.3 Å². The number of hydrogen-bond acceptors (Lipinski definition) is 4. The van der Waals surface area contributed by atoms with Crippen LogP contribution in [0.15, 0.2) is 59.2 Å². The smallest absolute Gasteiger partial charge is 0.135 e. The van der Waals surface area contributed by atoms with Crippen molar-refractivity contribution in [3.8, 4) is 0 Å².